The van der Waals surface area contributed by atoms with E-state index in [4.69, 9.17) is 15.6 Å². The Morgan fingerprint density at radius 1 is 1.56 bits per heavy atom. The molecule has 0 fully saturated rings. The van der Waals surface area contributed by atoms with Crippen LogP contribution in [0.15, 0.2) is 10.5 Å². The summed E-state index contributed by atoms with van der Waals surface area (Å²) in [6, 6.07) is 0.670. The second-order valence-corrected chi connectivity index (χ2v) is 4.36. The van der Waals surface area contributed by atoms with Crippen LogP contribution in [0, 0.1) is 13.8 Å². The van der Waals surface area contributed by atoms with Gasteiger partial charge in [-0.3, -0.25) is 4.79 Å². The van der Waals surface area contributed by atoms with E-state index in [0.717, 1.165) is 15.6 Å². The third kappa shape index (κ3) is 2.20. The zero-order valence-electron chi connectivity index (χ0n) is 9.37. The van der Waals surface area contributed by atoms with Crippen LogP contribution < -0.4 is 10.5 Å². The van der Waals surface area contributed by atoms with Crippen LogP contribution in [0.4, 0.5) is 0 Å². The van der Waals surface area contributed by atoms with Crippen molar-refractivity contribution in [1.29, 1.82) is 0 Å². The Kier molecular flexibility index (Phi) is 3.93. The maximum atomic E-state index is 10.9. The third-order valence-corrected chi connectivity index (χ3v) is 3.51. The summed E-state index contributed by atoms with van der Waals surface area (Å²) in [4.78, 5) is 10.9. The van der Waals surface area contributed by atoms with E-state index in [0.29, 0.717) is 11.3 Å². The minimum absolute atomic E-state index is 0.477. The van der Waals surface area contributed by atoms with E-state index in [1.165, 1.54) is 7.11 Å². The van der Waals surface area contributed by atoms with Gasteiger partial charge in [-0.1, -0.05) is 0 Å². The lowest BCUT2D eigenvalue weighted by atomic mass is 10.00. The molecule has 0 aliphatic rings. The lowest BCUT2D eigenvalue weighted by molar-refractivity contribution is -0.138. The number of halogens is 1. The van der Waals surface area contributed by atoms with E-state index in [9.17, 15) is 4.79 Å². The molecule has 1 unspecified atom stereocenters. The highest BCUT2D eigenvalue weighted by Crippen LogP contribution is 2.36. The number of ether oxygens (including phenoxy) is 1. The lowest BCUT2D eigenvalue weighted by Crippen LogP contribution is -2.21. The van der Waals surface area contributed by atoms with Crippen LogP contribution >= 0.6 is 15.9 Å². The van der Waals surface area contributed by atoms with Crippen molar-refractivity contribution in [2.75, 3.05) is 7.11 Å². The van der Waals surface area contributed by atoms with Gasteiger partial charge in [0, 0.05) is 5.56 Å². The summed E-state index contributed by atoms with van der Waals surface area (Å²) in [6.07, 6.45) is 0. The first-order valence-corrected chi connectivity index (χ1v) is 5.51. The van der Waals surface area contributed by atoms with Gasteiger partial charge in [0.25, 0.3) is 0 Å². The van der Waals surface area contributed by atoms with Gasteiger partial charge in [-0.15, -0.1) is 0 Å². The number of carbonyl (C=O) groups is 1. The SMILES string of the molecule is COc1c(C(N)C(=O)O)cc(C)c(C)c1Br. The summed E-state index contributed by atoms with van der Waals surface area (Å²) < 4.78 is 5.94. The normalized spacial score (nSPS) is 12.3. The van der Waals surface area contributed by atoms with Crippen LogP contribution in [-0.4, -0.2) is 18.2 Å². The molecule has 5 heteroatoms. The standard InChI is InChI=1S/C11H14BrNO3/c1-5-4-7(9(13)11(14)15)10(16-3)8(12)6(5)2/h4,9H,13H2,1-3H3,(H,14,15). The molecule has 0 radical (unpaired) electrons. The summed E-state index contributed by atoms with van der Waals surface area (Å²) >= 11 is 3.39. The average molecular weight is 288 g/mol. The zero-order chi connectivity index (χ0) is 12.5. The van der Waals surface area contributed by atoms with Crippen molar-refractivity contribution in [2.24, 2.45) is 5.73 Å². The highest BCUT2D eigenvalue weighted by molar-refractivity contribution is 9.10. The van der Waals surface area contributed by atoms with Gasteiger partial charge in [0.2, 0.25) is 0 Å². The van der Waals surface area contributed by atoms with E-state index >= 15 is 0 Å². The number of hydrogen-bond acceptors (Lipinski definition) is 3. The number of methoxy groups -OCH3 is 1. The van der Waals surface area contributed by atoms with Gasteiger partial charge in [0.05, 0.1) is 11.6 Å². The second kappa shape index (κ2) is 4.84. The fourth-order valence-corrected chi connectivity index (χ4v) is 2.15. The quantitative estimate of drug-likeness (QED) is 0.894. The number of carboxylic acid groups (broad SMARTS) is 1. The molecule has 1 rings (SSSR count). The van der Waals surface area contributed by atoms with Crippen molar-refractivity contribution in [1.82, 2.24) is 0 Å². The molecule has 88 valence electrons. The van der Waals surface area contributed by atoms with Gasteiger partial charge >= 0.3 is 5.97 Å². The molecule has 0 aliphatic heterocycles. The molecule has 0 amide bonds. The minimum atomic E-state index is -1.08. The van der Waals surface area contributed by atoms with Gasteiger partial charge in [-0.05, 0) is 47.0 Å². The molecule has 4 nitrogen and oxygen atoms in total. The number of carboxylic acids is 1. The molecular formula is C11H14BrNO3. The van der Waals surface area contributed by atoms with Gasteiger partial charge in [0.15, 0.2) is 0 Å². The molecular weight excluding hydrogens is 274 g/mol. The highest BCUT2D eigenvalue weighted by atomic mass is 79.9. The molecule has 0 saturated carbocycles. The maximum absolute atomic E-state index is 10.9. The van der Waals surface area contributed by atoms with Crippen molar-refractivity contribution in [3.8, 4) is 5.75 Å². The number of aryl methyl sites for hydroxylation is 1. The fraction of sp³-hybridized carbons (Fsp3) is 0.364. The summed E-state index contributed by atoms with van der Waals surface area (Å²) in [5.74, 6) is -0.591. The Labute approximate surface area is 103 Å². The molecule has 16 heavy (non-hydrogen) atoms. The summed E-state index contributed by atoms with van der Waals surface area (Å²) in [7, 11) is 1.49. The molecule has 0 spiro atoms. The smallest absolute Gasteiger partial charge is 0.325 e. The van der Waals surface area contributed by atoms with Crippen LogP contribution in [0.5, 0.6) is 5.75 Å². The molecule has 0 bridgehead atoms. The van der Waals surface area contributed by atoms with Crippen LogP contribution in [0.3, 0.4) is 0 Å². The van der Waals surface area contributed by atoms with Crippen LogP contribution in [0.1, 0.15) is 22.7 Å². The molecule has 0 saturated heterocycles. The number of benzene rings is 1. The van der Waals surface area contributed by atoms with Crippen molar-refractivity contribution < 1.29 is 14.6 Å². The first-order valence-electron chi connectivity index (χ1n) is 4.72. The van der Waals surface area contributed by atoms with E-state index in [2.05, 4.69) is 15.9 Å². The molecule has 1 aromatic rings. The number of aliphatic carboxylic acids is 1. The van der Waals surface area contributed by atoms with Crippen LogP contribution in [0.2, 0.25) is 0 Å². The highest BCUT2D eigenvalue weighted by Gasteiger charge is 2.22. The van der Waals surface area contributed by atoms with Gasteiger partial charge in [-0.25, -0.2) is 0 Å². The molecule has 1 aromatic carbocycles. The van der Waals surface area contributed by atoms with Crippen molar-refractivity contribution in [3.05, 3.63) is 27.2 Å². The van der Waals surface area contributed by atoms with Gasteiger partial charge in [-0.2, -0.15) is 0 Å². The number of hydrogen-bond donors (Lipinski definition) is 2. The zero-order valence-corrected chi connectivity index (χ0v) is 11.0. The van der Waals surface area contributed by atoms with Crippen LogP contribution in [0.25, 0.3) is 0 Å². The van der Waals surface area contributed by atoms with Crippen LogP contribution in [-0.2, 0) is 4.79 Å². The van der Waals surface area contributed by atoms with E-state index < -0.39 is 12.0 Å². The second-order valence-electron chi connectivity index (χ2n) is 3.57. The lowest BCUT2D eigenvalue weighted by Gasteiger charge is -2.17. The van der Waals surface area contributed by atoms with E-state index in [1.54, 1.807) is 6.07 Å². The predicted octanol–water partition coefficient (Wildman–Crippen LogP) is 2.16. The number of rotatable bonds is 3. The van der Waals surface area contributed by atoms with Gasteiger partial charge < -0.3 is 15.6 Å². The van der Waals surface area contributed by atoms with Crippen molar-refractivity contribution in [2.45, 2.75) is 19.9 Å². The Balaban J connectivity index is 3.44. The molecule has 3 N–H and O–H groups in total. The third-order valence-electron chi connectivity index (χ3n) is 2.56. The fourth-order valence-electron chi connectivity index (χ4n) is 1.45. The number of nitrogens with two attached hydrogens (primary N) is 1. The Morgan fingerprint density at radius 3 is 2.56 bits per heavy atom. The average Bonchev–Trinajstić information content (AvgIpc) is 2.24. The molecule has 0 heterocycles. The maximum Gasteiger partial charge on any atom is 0.325 e. The van der Waals surface area contributed by atoms with E-state index in [1.807, 2.05) is 13.8 Å². The molecule has 0 aromatic heterocycles. The Hall–Kier alpha value is -1.07. The van der Waals surface area contributed by atoms with Gasteiger partial charge in [0.1, 0.15) is 11.8 Å². The Morgan fingerprint density at radius 2 is 2.12 bits per heavy atom. The minimum Gasteiger partial charge on any atom is -0.495 e. The molecule has 0 aliphatic carbocycles. The van der Waals surface area contributed by atoms with Crippen molar-refractivity contribution >= 4 is 21.9 Å². The first-order chi connectivity index (χ1) is 7.40. The topological polar surface area (TPSA) is 72.5 Å². The monoisotopic (exact) mass is 287 g/mol. The first kappa shape index (κ1) is 13.0. The van der Waals surface area contributed by atoms with E-state index in [-0.39, 0.29) is 0 Å². The predicted molar refractivity (Wildman–Crippen MR) is 64.7 cm³/mol. The molecule has 1 atom stereocenters. The largest absolute Gasteiger partial charge is 0.495 e. The Bertz CT molecular complexity index is 432. The summed E-state index contributed by atoms with van der Waals surface area (Å²) in [5, 5.41) is 8.91. The summed E-state index contributed by atoms with van der Waals surface area (Å²) in [5.41, 5.74) is 8.06. The summed E-state index contributed by atoms with van der Waals surface area (Å²) in [6.45, 7) is 3.83. The van der Waals surface area contributed by atoms with Crippen molar-refractivity contribution in [3.63, 3.8) is 0 Å².